The van der Waals surface area contributed by atoms with Gasteiger partial charge in [-0.05, 0) is 48.9 Å². The van der Waals surface area contributed by atoms with Gasteiger partial charge in [-0.3, -0.25) is 19.0 Å². The Labute approximate surface area is 203 Å². The number of carbonyl (C=O) groups excluding carboxylic acids is 2. The van der Waals surface area contributed by atoms with E-state index in [4.69, 9.17) is 9.47 Å². The fourth-order valence-electron chi connectivity index (χ4n) is 3.99. The minimum atomic E-state index is -0.689. The van der Waals surface area contributed by atoms with E-state index in [0.717, 1.165) is 27.1 Å². The van der Waals surface area contributed by atoms with E-state index in [1.165, 1.54) is 22.2 Å². The highest BCUT2D eigenvalue weighted by Gasteiger charge is 2.18. The molecule has 0 spiro atoms. The number of fused-ring (bicyclic) bond motifs is 2. The lowest BCUT2D eigenvalue weighted by molar-refractivity contribution is -0.143. The predicted octanol–water partition coefficient (Wildman–Crippen LogP) is 4.35. The number of esters is 1. The van der Waals surface area contributed by atoms with Crippen molar-refractivity contribution in [2.24, 2.45) is 0 Å². The number of ketones is 1. The van der Waals surface area contributed by atoms with Crippen LogP contribution in [-0.4, -0.2) is 40.0 Å². The lowest BCUT2D eigenvalue weighted by Gasteiger charge is -2.06. The van der Waals surface area contributed by atoms with Crippen LogP contribution in [0, 0.1) is 6.92 Å². The summed E-state index contributed by atoms with van der Waals surface area (Å²) in [4.78, 5) is 46.5. The number of aryl methyl sites for hydroxylation is 1. The van der Waals surface area contributed by atoms with Crippen molar-refractivity contribution in [1.82, 2.24) is 14.5 Å². The number of benzene rings is 2. The molecular formula is C26H21N3O5S. The Morgan fingerprint density at radius 1 is 1.11 bits per heavy atom. The first-order valence-corrected chi connectivity index (χ1v) is 11.7. The molecule has 0 radical (unpaired) electrons. The summed E-state index contributed by atoms with van der Waals surface area (Å²) in [6.07, 6.45) is 1.32. The van der Waals surface area contributed by atoms with Gasteiger partial charge in [0.15, 0.2) is 6.61 Å². The second-order valence-electron chi connectivity index (χ2n) is 7.99. The molecule has 176 valence electrons. The molecule has 5 rings (SSSR count). The minimum Gasteiger partial charge on any atom is -0.497 e. The molecule has 1 N–H and O–H groups in total. The summed E-state index contributed by atoms with van der Waals surface area (Å²) >= 11 is 1.30. The van der Waals surface area contributed by atoms with Crippen LogP contribution in [-0.2, 0) is 16.1 Å². The number of carbonyl (C=O) groups is 2. The van der Waals surface area contributed by atoms with Crippen LogP contribution in [0.25, 0.3) is 31.6 Å². The molecular weight excluding hydrogens is 466 g/mol. The van der Waals surface area contributed by atoms with Gasteiger partial charge < -0.3 is 14.5 Å². The molecule has 3 aromatic heterocycles. The monoisotopic (exact) mass is 487 g/mol. The van der Waals surface area contributed by atoms with Gasteiger partial charge in [0.25, 0.3) is 5.56 Å². The van der Waals surface area contributed by atoms with Crippen molar-refractivity contribution in [3.05, 3.63) is 82.5 Å². The van der Waals surface area contributed by atoms with E-state index in [1.54, 1.807) is 14.0 Å². The van der Waals surface area contributed by atoms with Crippen LogP contribution in [0.1, 0.15) is 16.1 Å². The van der Waals surface area contributed by atoms with Crippen LogP contribution in [0.4, 0.5) is 0 Å². The first-order chi connectivity index (χ1) is 16.9. The number of nitrogens with one attached hydrogen (secondary N) is 1. The molecule has 9 heteroatoms. The Hall–Kier alpha value is -4.24. The Balaban J connectivity index is 1.30. The van der Waals surface area contributed by atoms with Crippen molar-refractivity contribution in [2.75, 3.05) is 13.7 Å². The zero-order chi connectivity index (χ0) is 24.5. The summed E-state index contributed by atoms with van der Waals surface area (Å²) in [5.74, 6) is -0.255. The molecule has 3 heterocycles. The molecule has 5 aromatic rings. The summed E-state index contributed by atoms with van der Waals surface area (Å²) in [5, 5.41) is 0.780. The molecule has 0 saturated heterocycles. The van der Waals surface area contributed by atoms with E-state index in [9.17, 15) is 14.4 Å². The van der Waals surface area contributed by atoms with Crippen molar-refractivity contribution in [2.45, 2.75) is 13.5 Å². The van der Waals surface area contributed by atoms with Crippen molar-refractivity contribution >= 4 is 44.2 Å². The Morgan fingerprint density at radius 2 is 1.89 bits per heavy atom. The zero-order valence-corrected chi connectivity index (χ0v) is 19.8. The molecule has 0 aliphatic heterocycles. The van der Waals surface area contributed by atoms with Gasteiger partial charge in [-0.25, -0.2) is 4.98 Å². The van der Waals surface area contributed by atoms with Crippen molar-refractivity contribution in [3.63, 3.8) is 0 Å². The molecule has 35 heavy (non-hydrogen) atoms. The number of thiophene rings is 1. The number of H-pyrrole nitrogens is 1. The third kappa shape index (κ3) is 4.33. The number of aromatic nitrogens is 3. The van der Waals surface area contributed by atoms with E-state index in [1.807, 2.05) is 54.6 Å². The average molecular weight is 488 g/mol. The summed E-state index contributed by atoms with van der Waals surface area (Å²) in [6.45, 7) is 1.06. The SMILES string of the molecule is COc1ccc(-c2cc3ncn(CC(=O)OCC(=O)c4c(C)[nH]c5ccccc45)c(=O)c3s2)cc1. The number of rotatable bonds is 7. The molecule has 0 fully saturated rings. The van der Waals surface area contributed by atoms with Crippen LogP contribution in [0.15, 0.2) is 65.7 Å². The number of aromatic amines is 1. The first-order valence-electron chi connectivity index (χ1n) is 10.8. The van der Waals surface area contributed by atoms with E-state index >= 15 is 0 Å². The number of hydrogen-bond donors (Lipinski definition) is 1. The lowest BCUT2D eigenvalue weighted by Crippen LogP contribution is -2.26. The summed E-state index contributed by atoms with van der Waals surface area (Å²) in [7, 11) is 1.60. The van der Waals surface area contributed by atoms with Gasteiger partial charge in [0, 0.05) is 27.0 Å². The number of ether oxygens (including phenoxy) is 2. The predicted molar refractivity (Wildman–Crippen MR) is 134 cm³/mol. The van der Waals surface area contributed by atoms with Gasteiger partial charge in [-0.1, -0.05) is 18.2 Å². The third-order valence-electron chi connectivity index (χ3n) is 5.71. The molecule has 2 aromatic carbocycles. The fourth-order valence-corrected chi connectivity index (χ4v) is 5.06. The highest BCUT2D eigenvalue weighted by molar-refractivity contribution is 7.22. The van der Waals surface area contributed by atoms with Crippen LogP contribution in [0.3, 0.4) is 0 Å². The van der Waals surface area contributed by atoms with E-state index < -0.39 is 12.6 Å². The second-order valence-corrected chi connectivity index (χ2v) is 9.04. The number of Topliss-reactive ketones (excluding diaryl/α,β-unsaturated/α-hetero) is 1. The summed E-state index contributed by atoms with van der Waals surface area (Å²) < 4.78 is 12.0. The largest absolute Gasteiger partial charge is 0.497 e. The minimum absolute atomic E-state index is 0.309. The number of para-hydroxylation sites is 1. The normalized spacial score (nSPS) is 11.1. The van der Waals surface area contributed by atoms with Crippen LogP contribution in [0.2, 0.25) is 0 Å². The molecule has 0 saturated carbocycles. The van der Waals surface area contributed by atoms with E-state index in [0.29, 0.717) is 21.5 Å². The maximum absolute atomic E-state index is 13.0. The quantitative estimate of drug-likeness (QED) is 0.270. The highest BCUT2D eigenvalue weighted by atomic mass is 32.1. The van der Waals surface area contributed by atoms with Crippen molar-refractivity contribution < 1.29 is 19.1 Å². The fraction of sp³-hybridized carbons (Fsp3) is 0.154. The van der Waals surface area contributed by atoms with Crippen LogP contribution < -0.4 is 10.3 Å². The van der Waals surface area contributed by atoms with Crippen molar-refractivity contribution in [1.29, 1.82) is 0 Å². The number of methoxy groups -OCH3 is 1. The van der Waals surface area contributed by atoms with Gasteiger partial charge in [-0.2, -0.15) is 0 Å². The smallest absolute Gasteiger partial charge is 0.326 e. The van der Waals surface area contributed by atoms with E-state index in [-0.39, 0.29) is 17.9 Å². The van der Waals surface area contributed by atoms with Gasteiger partial charge >= 0.3 is 5.97 Å². The first kappa shape index (κ1) is 22.5. The molecule has 0 atom stereocenters. The van der Waals surface area contributed by atoms with Gasteiger partial charge in [0.1, 0.15) is 17.0 Å². The standard InChI is InChI=1S/C26H21N3O5S/c1-15-24(18-5-3-4-6-19(18)28-15)21(30)13-34-23(31)12-29-14-27-20-11-22(35-25(20)26(29)32)16-7-9-17(33-2)10-8-16/h3-11,14,28H,12-13H2,1-2H3. The number of nitrogens with zero attached hydrogens (tertiary/aromatic N) is 2. The molecule has 0 aliphatic rings. The maximum atomic E-state index is 13.0. The Bertz CT molecular complexity index is 1630. The summed E-state index contributed by atoms with van der Waals surface area (Å²) in [6, 6.07) is 16.8. The molecule has 0 aliphatic carbocycles. The van der Waals surface area contributed by atoms with Crippen LogP contribution in [0.5, 0.6) is 5.75 Å². The third-order valence-corrected chi connectivity index (χ3v) is 6.88. The molecule has 0 unspecified atom stereocenters. The Morgan fingerprint density at radius 3 is 2.66 bits per heavy atom. The van der Waals surface area contributed by atoms with Gasteiger partial charge in [0.2, 0.25) is 5.78 Å². The molecule has 0 amide bonds. The topological polar surface area (TPSA) is 103 Å². The number of hydrogen-bond acceptors (Lipinski definition) is 7. The second kappa shape index (κ2) is 9.19. The Kier molecular flexibility index (Phi) is 5.92. The zero-order valence-electron chi connectivity index (χ0n) is 19.0. The van der Waals surface area contributed by atoms with Crippen molar-refractivity contribution in [3.8, 4) is 16.2 Å². The molecule has 0 bridgehead atoms. The van der Waals surface area contributed by atoms with Crippen LogP contribution >= 0.6 is 11.3 Å². The maximum Gasteiger partial charge on any atom is 0.326 e. The van der Waals surface area contributed by atoms with Gasteiger partial charge in [0.05, 0.1) is 19.0 Å². The molecule has 8 nitrogen and oxygen atoms in total. The average Bonchev–Trinajstić information content (AvgIpc) is 3.45. The highest BCUT2D eigenvalue weighted by Crippen LogP contribution is 2.31. The van der Waals surface area contributed by atoms with E-state index in [2.05, 4.69) is 9.97 Å². The summed E-state index contributed by atoms with van der Waals surface area (Å²) in [5.41, 5.74) is 3.21. The lowest BCUT2D eigenvalue weighted by atomic mass is 10.1. The van der Waals surface area contributed by atoms with Gasteiger partial charge in [-0.15, -0.1) is 11.3 Å².